The van der Waals surface area contributed by atoms with Gasteiger partial charge in [0.2, 0.25) is 0 Å². The number of amides is 2. The lowest BCUT2D eigenvalue weighted by molar-refractivity contribution is 0.262. The molecule has 1 aromatic heterocycles. The molecule has 0 saturated heterocycles. The maximum Gasteiger partial charge on any atom is 0.360 e. The average molecular weight is 433 g/mol. The maximum absolute atomic E-state index is 12.9. The summed E-state index contributed by atoms with van der Waals surface area (Å²) in [4.78, 5) is 25.6. The second-order valence-corrected chi connectivity index (χ2v) is 7.91. The lowest BCUT2D eigenvalue weighted by Gasteiger charge is -2.16. The zero-order valence-corrected chi connectivity index (χ0v) is 18.1. The van der Waals surface area contributed by atoms with Crippen LogP contribution in [0.3, 0.4) is 0 Å². The van der Waals surface area contributed by atoms with Crippen molar-refractivity contribution in [1.29, 1.82) is 0 Å². The fourth-order valence-corrected chi connectivity index (χ4v) is 3.64. The number of urea groups is 1. The number of halogens is 1. The van der Waals surface area contributed by atoms with Gasteiger partial charge in [0, 0.05) is 21.7 Å². The van der Waals surface area contributed by atoms with Crippen LogP contribution in [-0.4, -0.2) is 6.03 Å². The summed E-state index contributed by atoms with van der Waals surface area (Å²) in [6, 6.07) is 17.7. The molecule has 0 bridgehead atoms. The van der Waals surface area contributed by atoms with E-state index < -0.39 is 11.7 Å². The Labute approximate surface area is 184 Å². The van der Waals surface area contributed by atoms with E-state index in [4.69, 9.17) is 16.0 Å². The first kappa shape index (κ1) is 20.7. The van der Waals surface area contributed by atoms with Gasteiger partial charge < -0.3 is 15.1 Å². The van der Waals surface area contributed by atoms with E-state index in [1.807, 2.05) is 57.2 Å². The number of hydrogen-bond acceptors (Lipinski definition) is 3. The van der Waals surface area contributed by atoms with Crippen LogP contribution in [0.15, 0.2) is 69.9 Å². The second-order valence-electron chi connectivity index (χ2n) is 7.47. The first-order chi connectivity index (χ1) is 14.8. The van der Waals surface area contributed by atoms with Crippen molar-refractivity contribution >= 4 is 40.0 Å². The summed E-state index contributed by atoms with van der Waals surface area (Å²) >= 11 is 5.90. The van der Waals surface area contributed by atoms with Gasteiger partial charge in [0.15, 0.2) is 0 Å². The number of aryl methyl sites for hydroxylation is 3. The van der Waals surface area contributed by atoms with Crippen LogP contribution in [0.1, 0.15) is 16.7 Å². The standard InChI is InChI=1S/C25H21ClN2O3/c1-14-6-4-5-7-19(14)22-20-12-15(2)16(3)13-21(20)31-24(29)23(22)28-25(30)27-18-10-8-17(26)9-11-18/h4-13H,1-3H3,(H2,27,28,30). The van der Waals surface area contributed by atoms with E-state index in [2.05, 4.69) is 10.6 Å². The molecule has 5 nitrogen and oxygen atoms in total. The molecule has 4 rings (SSSR count). The number of carbonyl (C=O) groups excluding carboxylic acids is 1. The molecule has 2 amide bonds. The van der Waals surface area contributed by atoms with Crippen LogP contribution in [-0.2, 0) is 0 Å². The van der Waals surface area contributed by atoms with Gasteiger partial charge in [-0.15, -0.1) is 0 Å². The third-order valence-electron chi connectivity index (χ3n) is 5.28. The highest BCUT2D eigenvalue weighted by Crippen LogP contribution is 2.36. The van der Waals surface area contributed by atoms with E-state index in [0.717, 1.165) is 27.6 Å². The average Bonchev–Trinajstić information content (AvgIpc) is 2.73. The summed E-state index contributed by atoms with van der Waals surface area (Å²) in [5.74, 6) is 0. The minimum Gasteiger partial charge on any atom is -0.421 e. The van der Waals surface area contributed by atoms with Crippen molar-refractivity contribution < 1.29 is 9.21 Å². The summed E-state index contributed by atoms with van der Waals surface area (Å²) < 4.78 is 5.58. The van der Waals surface area contributed by atoms with E-state index in [9.17, 15) is 9.59 Å². The lowest BCUT2D eigenvalue weighted by atomic mass is 9.94. The molecule has 0 saturated carbocycles. The largest absolute Gasteiger partial charge is 0.421 e. The van der Waals surface area contributed by atoms with Gasteiger partial charge in [-0.1, -0.05) is 35.9 Å². The molecule has 0 fully saturated rings. The molecule has 3 aromatic carbocycles. The molecule has 6 heteroatoms. The summed E-state index contributed by atoms with van der Waals surface area (Å²) in [5, 5.41) is 6.75. The van der Waals surface area contributed by atoms with E-state index >= 15 is 0 Å². The number of carbonyl (C=O) groups is 1. The van der Waals surface area contributed by atoms with Crippen LogP contribution in [0.25, 0.3) is 22.1 Å². The van der Waals surface area contributed by atoms with Crippen LogP contribution in [0.4, 0.5) is 16.2 Å². The SMILES string of the molecule is Cc1cc2oc(=O)c(NC(=O)Nc3ccc(Cl)cc3)c(-c3ccccc3C)c2cc1C. The summed E-state index contributed by atoms with van der Waals surface area (Å²) in [7, 11) is 0. The molecule has 0 aliphatic heterocycles. The molecule has 0 unspecified atom stereocenters. The van der Waals surface area contributed by atoms with E-state index in [1.165, 1.54) is 0 Å². The number of fused-ring (bicyclic) bond motifs is 1. The van der Waals surface area contributed by atoms with E-state index in [0.29, 0.717) is 21.9 Å². The number of benzene rings is 3. The Bertz CT molecular complexity index is 1360. The van der Waals surface area contributed by atoms with Crippen molar-refractivity contribution in [3.63, 3.8) is 0 Å². The summed E-state index contributed by atoms with van der Waals surface area (Å²) in [6.07, 6.45) is 0. The quantitative estimate of drug-likeness (QED) is 0.354. The molecular formula is C25H21ClN2O3. The van der Waals surface area contributed by atoms with Crippen molar-refractivity contribution in [3.05, 3.63) is 92.8 Å². The Morgan fingerprint density at radius 3 is 2.26 bits per heavy atom. The molecule has 4 aromatic rings. The molecule has 0 radical (unpaired) electrons. The van der Waals surface area contributed by atoms with Gasteiger partial charge in [-0.05, 0) is 79.4 Å². The molecular weight excluding hydrogens is 412 g/mol. The van der Waals surface area contributed by atoms with Crippen molar-refractivity contribution in [1.82, 2.24) is 0 Å². The number of anilines is 2. The fraction of sp³-hybridized carbons (Fsp3) is 0.120. The Morgan fingerprint density at radius 2 is 1.55 bits per heavy atom. The third-order valence-corrected chi connectivity index (χ3v) is 5.53. The third kappa shape index (κ3) is 4.18. The minimum absolute atomic E-state index is 0.0940. The first-order valence-electron chi connectivity index (χ1n) is 9.81. The van der Waals surface area contributed by atoms with Crippen molar-refractivity contribution in [3.8, 4) is 11.1 Å². The molecule has 0 aliphatic carbocycles. The van der Waals surface area contributed by atoms with Gasteiger partial charge >= 0.3 is 11.7 Å². The zero-order valence-electron chi connectivity index (χ0n) is 17.4. The highest BCUT2D eigenvalue weighted by molar-refractivity contribution is 6.30. The maximum atomic E-state index is 12.9. The Hall–Kier alpha value is -3.57. The summed E-state index contributed by atoms with van der Waals surface area (Å²) in [6.45, 7) is 5.93. The molecule has 0 atom stereocenters. The van der Waals surface area contributed by atoms with Gasteiger partial charge in [-0.3, -0.25) is 0 Å². The number of hydrogen-bond donors (Lipinski definition) is 2. The smallest absolute Gasteiger partial charge is 0.360 e. The van der Waals surface area contributed by atoms with Crippen LogP contribution < -0.4 is 16.3 Å². The second kappa shape index (κ2) is 8.28. The predicted molar refractivity (Wildman–Crippen MR) is 126 cm³/mol. The van der Waals surface area contributed by atoms with Gasteiger partial charge in [0.05, 0.1) is 0 Å². The molecule has 156 valence electrons. The summed E-state index contributed by atoms with van der Waals surface area (Å²) in [5.41, 5.74) is 5.07. The highest BCUT2D eigenvalue weighted by atomic mass is 35.5. The van der Waals surface area contributed by atoms with Crippen molar-refractivity contribution in [2.24, 2.45) is 0 Å². The zero-order chi connectivity index (χ0) is 22.1. The topological polar surface area (TPSA) is 71.3 Å². The van der Waals surface area contributed by atoms with E-state index in [-0.39, 0.29) is 5.69 Å². The Morgan fingerprint density at radius 1 is 0.871 bits per heavy atom. The normalized spacial score (nSPS) is 10.8. The van der Waals surface area contributed by atoms with Gasteiger partial charge in [0.25, 0.3) is 0 Å². The Kier molecular flexibility index (Phi) is 5.53. The Balaban J connectivity index is 1.87. The fourth-order valence-electron chi connectivity index (χ4n) is 3.51. The van der Waals surface area contributed by atoms with Crippen LogP contribution >= 0.6 is 11.6 Å². The molecule has 1 heterocycles. The molecule has 0 spiro atoms. The van der Waals surface area contributed by atoms with Gasteiger partial charge in [-0.2, -0.15) is 0 Å². The first-order valence-corrected chi connectivity index (χ1v) is 10.2. The van der Waals surface area contributed by atoms with Gasteiger partial charge in [0.1, 0.15) is 11.3 Å². The molecule has 2 N–H and O–H groups in total. The number of nitrogens with one attached hydrogen (secondary N) is 2. The predicted octanol–water partition coefficient (Wildman–Crippen LogP) is 6.68. The van der Waals surface area contributed by atoms with Crippen LogP contribution in [0.2, 0.25) is 5.02 Å². The highest BCUT2D eigenvalue weighted by Gasteiger charge is 2.20. The molecule has 31 heavy (non-hydrogen) atoms. The minimum atomic E-state index is -0.611. The van der Waals surface area contributed by atoms with E-state index in [1.54, 1.807) is 24.3 Å². The molecule has 0 aliphatic rings. The van der Waals surface area contributed by atoms with Crippen molar-refractivity contribution in [2.45, 2.75) is 20.8 Å². The van der Waals surface area contributed by atoms with Crippen molar-refractivity contribution in [2.75, 3.05) is 10.6 Å². The lowest BCUT2D eigenvalue weighted by Crippen LogP contribution is -2.24. The van der Waals surface area contributed by atoms with Gasteiger partial charge in [-0.25, -0.2) is 9.59 Å². The number of rotatable bonds is 3. The van der Waals surface area contributed by atoms with Crippen LogP contribution in [0.5, 0.6) is 0 Å². The van der Waals surface area contributed by atoms with Crippen LogP contribution in [0, 0.1) is 20.8 Å². The monoisotopic (exact) mass is 432 g/mol.